The molecule has 146 valence electrons. The van der Waals surface area contributed by atoms with Crippen LogP contribution in [0.2, 0.25) is 0 Å². The normalized spacial score (nSPS) is 19.1. The Hall–Kier alpha value is -2.57. The monoisotopic (exact) mass is 373 g/mol. The third-order valence-corrected chi connectivity index (χ3v) is 5.66. The van der Waals surface area contributed by atoms with E-state index in [2.05, 4.69) is 6.92 Å². The molecule has 2 heterocycles. The quantitative estimate of drug-likeness (QED) is 0.587. The molecular weight excluding hydrogens is 346 g/mol. The molecule has 3 rings (SSSR count). The molecule has 0 aliphatic carbocycles. The van der Waals surface area contributed by atoms with Gasteiger partial charge in [-0.15, -0.1) is 0 Å². The first-order valence-corrected chi connectivity index (χ1v) is 9.49. The molecule has 0 N–H and O–H groups in total. The number of hydrogen-bond acceptors (Lipinski definition) is 4. The van der Waals surface area contributed by atoms with Crippen molar-refractivity contribution < 1.29 is 19.1 Å². The maximum atomic E-state index is 12.8. The highest BCUT2D eigenvalue weighted by Crippen LogP contribution is 2.35. The molecule has 27 heavy (non-hydrogen) atoms. The van der Waals surface area contributed by atoms with Crippen molar-refractivity contribution >= 4 is 17.8 Å². The van der Waals surface area contributed by atoms with Crippen LogP contribution in [-0.4, -0.2) is 71.9 Å². The maximum absolute atomic E-state index is 12.8. The van der Waals surface area contributed by atoms with Crippen LogP contribution in [0.5, 0.6) is 5.75 Å². The lowest BCUT2D eigenvalue weighted by Crippen LogP contribution is -2.56. The van der Waals surface area contributed by atoms with E-state index in [4.69, 9.17) is 4.74 Å². The van der Waals surface area contributed by atoms with Crippen LogP contribution in [0.15, 0.2) is 24.3 Å². The zero-order chi connectivity index (χ0) is 19.6. The van der Waals surface area contributed by atoms with E-state index in [1.54, 1.807) is 24.1 Å². The Morgan fingerprint density at radius 3 is 2.26 bits per heavy atom. The van der Waals surface area contributed by atoms with Crippen LogP contribution < -0.4 is 4.74 Å². The summed E-state index contributed by atoms with van der Waals surface area (Å²) in [6, 6.07) is 6.90. The Morgan fingerprint density at radius 2 is 1.74 bits per heavy atom. The first kappa shape index (κ1) is 19.2. The minimum absolute atomic E-state index is 0.0576. The Kier molecular flexibility index (Phi) is 5.39. The van der Waals surface area contributed by atoms with Crippen LogP contribution in [0.25, 0.3) is 0 Å². The number of rotatable bonds is 5. The summed E-state index contributed by atoms with van der Waals surface area (Å²) in [6.07, 6.45) is 3.00. The van der Waals surface area contributed by atoms with Crippen LogP contribution in [0, 0.1) is 0 Å². The van der Waals surface area contributed by atoms with Gasteiger partial charge in [0.05, 0.1) is 6.61 Å². The average Bonchev–Trinajstić information content (AvgIpc) is 2.85. The highest BCUT2D eigenvalue weighted by molar-refractivity contribution is 6.06. The zero-order valence-corrected chi connectivity index (χ0v) is 16.2. The van der Waals surface area contributed by atoms with Gasteiger partial charge in [0.25, 0.3) is 11.8 Å². The third-order valence-electron chi connectivity index (χ3n) is 5.66. The number of imide groups is 1. The summed E-state index contributed by atoms with van der Waals surface area (Å²) in [4.78, 5) is 41.9. The van der Waals surface area contributed by atoms with Crippen LogP contribution >= 0.6 is 0 Å². The maximum Gasteiger partial charge on any atom is 0.327 e. The number of ether oxygens (including phenoxy) is 1. The fraction of sp³-hybridized carbons (Fsp3) is 0.550. The molecule has 2 fully saturated rings. The molecule has 1 spiro atoms. The average molecular weight is 373 g/mol. The lowest BCUT2D eigenvalue weighted by molar-refractivity contribution is -0.134. The first-order chi connectivity index (χ1) is 12.9. The minimum atomic E-state index is -0.806. The number of benzene rings is 1. The number of likely N-dealkylation sites (N-methyl/N-ethyl adjacent to an activating group) is 2. The van der Waals surface area contributed by atoms with Gasteiger partial charge in [-0.25, -0.2) is 4.79 Å². The summed E-state index contributed by atoms with van der Waals surface area (Å²) in [6.45, 7) is 3.68. The van der Waals surface area contributed by atoms with Crippen LogP contribution in [-0.2, 0) is 4.79 Å². The van der Waals surface area contributed by atoms with Crippen molar-refractivity contribution in [1.29, 1.82) is 0 Å². The second-order valence-electron chi connectivity index (χ2n) is 7.26. The van der Waals surface area contributed by atoms with Gasteiger partial charge in [0.15, 0.2) is 0 Å². The van der Waals surface area contributed by atoms with E-state index >= 15 is 0 Å². The van der Waals surface area contributed by atoms with Crippen molar-refractivity contribution in [3.63, 3.8) is 0 Å². The molecule has 0 saturated carbocycles. The van der Waals surface area contributed by atoms with Gasteiger partial charge >= 0.3 is 6.03 Å². The Bertz CT molecular complexity index is 723. The molecular formula is C20H27N3O4. The van der Waals surface area contributed by atoms with Gasteiger partial charge in [0.1, 0.15) is 11.3 Å². The summed E-state index contributed by atoms with van der Waals surface area (Å²) in [5.74, 6) is 0.533. The second-order valence-corrected chi connectivity index (χ2v) is 7.26. The SMILES string of the molecule is CCCCOc1ccc(C(=O)N2CCC3(CC2)C(=O)N(C)C(=O)N3C)cc1. The third kappa shape index (κ3) is 3.38. The Labute approximate surface area is 159 Å². The number of carbonyl (C=O) groups is 3. The number of unbranched alkanes of at least 4 members (excludes halogenated alkanes) is 1. The predicted molar refractivity (Wildman–Crippen MR) is 101 cm³/mol. The molecule has 0 radical (unpaired) electrons. The van der Waals surface area contributed by atoms with Gasteiger partial charge < -0.3 is 14.5 Å². The van der Waals surface area contributed by atoms with Gasteiger partial charge in [0, 0.05) is 32.7 Å². The number of urea groups is 1. The van der Waals surface area contributed by atoms with E-state index in [1.165, 1.54) is 16.8 Å². The van der Waals surface area contributed by atoms with E-state index in [-0.39, 0.29) is 17.8 Å². The summed E-state index contributed by atoms with van der Waals surface area (Å²) in [7, 11) is 3.18. The molecule has 7 nitrogen and oxygen atoms in total. The van der Waals surface area contributed by atoms with Gasteiger partial charge in [-0.05, 0) is 43.5 Å². The molecule has 0 unspecified atom stereocenters. The lowest BCUT2D eigenvalue weighted by atomic mass is 9.86. The predicted octanol–water partition coefficient (Wildman–Crippen LogP) is 2.36. The number of amides is 4. The largest absolute Gasteiger partial charge is 0.494 e. The van der Waals surface area contributed by atoms with Crippen molar-refractivity contribution in [2.24, 2.45) is 0 Å². The first-order valence-electron chi connectivity index (χ1n) is 9.49. The van der Waals surface area contributed by atoms with Crippen molar-refractivity contribution in [3.8, 4) is 5.75 Å². The molecule has 2 aliphatic rings. The summed E-state index contributed by atoms with van der Waals surface area (Å²) in [5, 5.41) is 0. The standard InChI is InChI=1S/C20H27N3O4/c1-4-5-14-27-16-8-6-15(7-9-16)17(24)23-12-10-20(11-13-23)18(25)21(2)19(26)22(20)3/h6-9H,4-5,10-14H2,1-3H3. The molecule has 1 aromatic rings. The van der Waals surface area contributed by atoms with Gasteiger partial charge in [-0.2, -0.15) is 0 Å². The highest BCUT2D eigenvalue weighted by atomic mass is 16.5. The summed E-state index contributed by atoms with van der Waals surface area (Å²) in [5.41, 5.74) is -0.201. The van der Waals surface area contributed by atoms with E-state index < -0.39 is 5.54 Å². The Balaban J connectivity index is 1.62. The number of likely N-dealkylation sites (tertiary alicyclic amines) is 1. The van der Waals surface area contributed by atoms with E-state index in [0.29, 0.717) is 38.1 Å². The Morgan fingerprint density at radius 1 is 1.11 bits per heavy atom. The van der Waals surface area contributed by atoms with Crippen LogP contribution in [0.4, 0.5) is 4.79 Å². The molecule has 0 aromatic heterocycles. The number of piperidine rings is 1. The molecule has 7 heteroatoms. The van der Waals surface area contributed by atoms with Crippen molar-refractivity contribution in [3.05, 3.63) is 29.8 Å². The molecule has 0 bridgehead atoms. The molecule has 1 aromatic carbocycles. The minimum Gasteiger partial charge on any atom is -0.494 e. The van der Waals surface area contributed by atoms with Crippen molar-refractivity contribution in [1.82, 2.24) is 14.7 Å². The fourth-order valence-corrected chi connectivity index (χ4v) is 3.79. The lowest BCUT2D eigenvalue weighted by Gasteiger charge is -2.40. The number of carbonyl (C=O) groups excluding carboxylic acids is 3. The highest BCUT2D eigenvalue weighted by Gasteiger charge is 2.55. The van der Waals surface area contributed by atoms with E-state index in [0.717, 1.165) is 18.6 Å². The van der Waals surface area contributed by atoms with Crippen LogP contribution in [0.1, 0.15) is 43.0 Å². The van der Waals surface area contributed by atoms with Gasteiger partial charge in [-0.3, -0.25) is 14.5 Å². The van der Waals surface area contributed by atoms with Gasteiger partial charge in [-0.1, -0.05) is 13.3 Å². The molecule has 2 saturated heterocycles. The second kappa shape index (κ2) is 7.58. The summed E-state index contributed by atoms with van der Waals surface area (Å²) < 4.78 is 5.63. The zero-order valence-electron chi connectivity index (χ0n) is 16.2. The fourth-order valence-electron chi connectivity index (χ4n) is 3.79. The van der Waals surface area contributed by atoms with Crippen LogP contribution in [0.3, 0.4) is 0 Å². The number of hydrogen-bond donors (Lipinski definition) is 0. The number of nitrogens with zero attached hydrogens (tertiary/aromatic N) is 3. The topological polar surface area (TPSA) is 70.2 Å². The molecule has 2 aliphatic heterocycles. The summed E-state index contributed by atoms with van der Waals surface area (Å²) >= 11 is 0. The van der Waals surface area contributed by atoms with E-state index in [9.17, 15) is 14.4 Å². The molecule has 0 atom stereocenters. The smallest absolute Gasteiger partial charge is 0.327 e. The van der Waals surface area contributed by atoms with Crippen molar-refractivity contribution in [2.75, 3.05) is 33.8 Å². The van der Waals surface area contributed by atoms with Crippen molar-refractivity contribution in [2.45, 2.75) is 38.1 Å². The molecule has 4 amide bonds. The van der Waals surface area contributed by atoms with E-state index in [1.807, 2.05) is 12.1 Å². The van der Waals surface area contributed by atoms with Gasteiger partial charge in [0.2, 0.25) is 0 Å².